The van der Waals surface area contributed by atoms with E-state index in [1.165, 1.54) is 6.07 Å². The van der Waals surface area contributed by atoms with E-state index >= 15 is 0 Å². The largest absolute Gasteiger partial charge is 0.303 e. The summed E-state index contributed by atoms with van der Waals surface area (Å²) in [4.78, 5) is 4.20. The van der Waals surface area contributed by atoms with Crippen LogP contribution in [0.25, 0.3) is 0 Å². The van der Waals surface area contributed by atoms with Crippen LogP contribution >= 0.6 is 11.3 Å². The van der Waals surface area contributed by atoms with Gasteiger partial charge in [0.15, 0.2) is 0 Å². The molecular formula is C13H15FN2S. The molecule has 1 aromatic heterocycles. The van der Waals surface area contributed by atoms with Crippen molar-refractivity contribution in [2.75, 3.05) is 0 Å². The molecular weight excluding hydrogens is 235 g/mol. The van der Waals surface area contributed by atoms with Gasteiger partial charge in [-0.1, -0.05) is 25.1 Å². The molecule has 0 amide bonds. The summed E-state index contributed by atoms with van der Waals surface area (Å²) in [5.41, 5.74) is 0.728. The van der Waals surface area contributed by atoms with E-state index in [2.05, 4.69) is 10.3 Å². The van der Waals surface area contributed by atoms with Crippen LogP contribution in [0, 0.1) is 5.82 Å². The Morgan fingerprint density at radius 3 is 2.88 bits per heavy atom. The van der Waals surface area contributed by atoms with Crippen LogP contribution in [0.1, 0.15) is 30.0 Å². The maximum Gasteiger partial charge on any atom is 0.127 e. The molecule has 90 valence electrons. The molecule has 4 heteroatoms. The topological polar surface area (TPSA) is 24.9 Å². The predicted molar refractivity (Wildman–Crippen MR) is 68.4 cm³/mol. The molecule has 1 unspecified atom stereocenters. The summed E-state index contributed by atoms with van der Waals surface area (Å²) in [7, 11) is 0. The van der Waals surface area contributed by atoms with Gasteiger partial charge in [-0.2, -0.15) is 0 Å². The highest BCUT2D eigenvalue weighted by atomic mass is 32.1. The van der Waals surface area contributed by atoms with Crippen LogP contribution in [0.15, 0.2) is 35.8 Å². The van der Waals surface area contributed by atoms with Crippen molar-refractivity contribution in [3.8, 4) is 0 Å². The molecule has 0 saturated carbocycles. The molecule has 1 aromatic carbocycles. The molecule has 0 aliphatic carbocycles. The summed E-state index contributed by atoms with van der Waals surface area (Å²) in [5.74, 6) is -0.147. The number of hydrogen-bond acceptors (Lipinski definition) is 3. The Morgan fingerprint density at radius 2 is 2.24 bits per heavy atom. The van der Waals surface area contributed by atoms with Crippen molar-refractivity contribution in [3.05, 3.63) is 52.2 Å². The summed E-state index contributed by atoms with van der Waals surface area (Å²) >= 11 is 1.61. The van der Waals surface area contributed by atoms with Gasteiger partial charge in [0.2, 0.25) is 0 Å². The SMILES string of the molecule is CCC(NCc1nccs1)c1ccccc1F. The van der Waals surface area contributed by atoms with Crippen molar-refractivity contribution in [1.82, 2.24) is 10.3 Å². The number of rotatable bonds is 5. The van der Waals surface area contributed by atoms with Gasteiger partial charge in [-0.15, -0.1) is 11.3 Å². The van der Waals surface area contributed by atoms with Crippen molar-refractivity contribution in [1.29, 1.82) is 0 Å². The van der Waals surface area contributed by atoms with Gasteiger partial charge in [-0.05, 0) is 12.5 Å². The standard InChI is InChI=1S/C13H15FN2S/c1-2-12(10-5-3-4-6-11(10)14)16-9-13-15-7-8-17-13/h3-8,12,16H,2,9H2,1H3. The number of thiazole rings is 1. The van der Waals surface area contributed by atoms with Gasteiger partial charge in [-0.3, -0.25) is 0 Å². The molecule has 2 aromatic rings. The van der Waals surface area contributed by atoms with E-state index in [0.717, 1.165) is 17.0 Å². The van der Waals surface area contributed by atoms with Crippen LogP contribution in [-0.2, 0) is 6.54 Å². The lowest BCUT2D eigenvalue weighted by Crippen LogP contribution is -2.21. The molecule has 0 aliphatic heterocycles. The third-order valence-electron chi connectivity index (χ3n) is 2.67. The van der Waals surface area contributed by atoms with Crippen molar-refractivity contribution >= 4 is 11.3 Å². The van der Waals surface area contributed by atoms with Crippen LogP contribution in [0.2, 0.25) is 0 Å². The fourth-order valence-corrected chi connectivity index (χ4v) is 2.35. The van der Waals surface area contributed by atoms with Crippen LogP contribution in [0.3, 0.4) is 0 Å². The van der Waals surface area contributed by atoms with E-state index in [9.17, 15) is 4.39 Å². The van der Waals surface area contributed by atoms with Gasteiger partial charge < -0.3 is 5.32 Å². The van der Waals surface area contributed by atoms with Crippen LogP contribution in [0.5, 0.6) is 0 Å². The Morgan fingerprint density at radius 1 is 1.41 bits per heavy atom. The second kappa shape index (κ2) is 5.89. The maximum absolute atomic E-state index is 13.6. The maximum atomic E-state index is 13.6. The molecule has 0 fully saturated rings. The van der Waals surface area contributed by atoms with Crippen LogP contribution in [-0.4, -0.2) is 4.98 Å². The summed E-state index contributed by atoms with van der Waals surface area (Å²) in [6, 6.07) is 6.96. The van der Waals surface area contributed by atoms with E-state index in [1.807, 2.05) is 24.4 Å². The highest BCUT2D eigenvalue weighted by Crippen LogP contribution is 2.20. The minimum atomic E-state index is -0.147. The minimum Gasteiger partial charge on any atom is -0.303 e. The predicted octanol–water partition coefficient (Wildman–Crippen LogP) is 3.52. The van der Waals surface area contributed by atoms with Gasteiger partial charge in [0.25, 0.3) is 0 Å². The molecule has 0 saturated heterocycles. The van der Waals surface area contributed by atoms with Crippen molar-refractivity contribution < 1.29 is 4.39 Å². The van der Waals surface area contributed by atoms with Crippen molar-refractivity contribution in [2.45, 2.75) is 25.9 Å². The van der Waals surface area contributed by atoms with Crippen LogP contribution < -0.4 is 5.32 Å². The Hall–Kier alpha value is -1.26. The van der Waals surface area contributed by atoms with Crippen molar-refractivity contribution in [2.24, 2.45) is 0 Å². The molecule has 17 heavy (non-hydrogen) atoms. The Bertz CT molecular complexity index is 456. The Balaban J connectivity index is 2.04. The van der Waals surface area contributed by atoms with E-state index < -0.39 is 0 Å². The smallest absolute Gasteiger partial charge is 0.127 e. The lowest BCUT2D eigenvalue weighted by atomic mass is 10.0. The number of nitrogens with one attached hydrogen (secondary N) is 1. The first kappa shape index (κ1) is 12.2. The number of hydrogen-bond donors (Lipinski definition) is 1. The second-order valence-corrected chi connectivity index (χ2v) is 4.77. The molecule has 0 radical (unpaired) electrons. The number of halogens is 1. The molecule has 1 N–H and O–H groups in total. The average Bonchev–Trinajstić information content (AvgIpc) is 2.85. The average molecular weight is 250 g/mol. The number of nitrogens with zero attached hydrogens (tertiary/aromatic N) is 1. The molecule has 2 nitrogen and oxygen atoms in total. The van der Waals surface area contributed by atoms with Gasteiger partial charge >= 0.3 is 0 Å². The summed E-state index contributed by atoms with van der Waals surface area (Å²) < 4.78 is 13.6. The Kier molecular flexibility index (Phi) is 4.23. The quantitative estimate of drug-likeness (QED) is 0.878. The van der Waals surface area contributed by atoms with E-state index in [4.69, 9.17) is 0 Å². The molecule has 1 heterocycles. The Labute approximate surface area is 105 Å². The highest BCUT2D eigenvalue weighted by Gasteiger charge is 2.12. The first-order valence-electron chi connectivity index (χ1n) is 5.67. The molecule has 1 atom stereocenters. The van der Waals surface area contributed by atoms with E-state index in [0.29, 0.717) is 6.54 Å². The fraction of sp³-hybridized carbons (Fsp3) is 0.308. The molecule has 0 spiro atoms. The molecule has 0 bridgehead atoms. The lowest BCUT2D eigenvalue weighted by molar-refractivity contribution is 0.487. The normalized spacial score (nSPS) is 12.6. The zero-order valence-electron chi connectivity index (χ0n) is 9.69. The summed E-state index contributed by atoms with van der Waals surface area (Å²) in [6.45, 7) is 2.73. The van der Waals surface area contributed by atoms with Gasteiger partial charge in [0.1, 0.15) is 10.8 Å². The third kappa shape index (κ3) is 3.11. The summed E-state index contributed by atoms with van der Waals surface area (Å²) in [5, 5.41) is 6.31. The van der Waals surface area contributed by atoms with E-state index in [-0.39, 0.29) is 11.9 Å². The first-order valence-corrected chi connectivity index (χ1v) is 6.55. The third-order valence-corrected chi connectivity index (χ3v) is 3.45. The van der Waals surface area contributed by atoms with Gasteiger partial charge in [0, 0.05) is 29.7 Å². The summed E-state index contributed by atoms with van der Waals surface area (Å²) in [6.07, 6.45) is 2.64. The minimum absolute atomic E-state index is 0.0418. The number of aromatic nitrogens is 1. The van der Waals surface area contributed by atoms with Crippen LogP contribution in [0.4, 0.5) is 4.39 Å². The van der Waals surface area contributed by atoms with Crippen molar-refractivity contribution in [3.63, 3.8) is 0 Å². The zero-order valence-corrected chi connectivity index (χ0v) is 10.5. The monoisotopic (exact) mass is 250 g/mol. The van der Waals surface area contributed by atoms with Gasteiger partial charge in [0.05, 0.1) is 0 Å². The zero-order chi connectivity index (χ0) is 12.1. The highest BCUT2D eigenvalue weighted by molar-refractivity contribution is 7.09. The molecule has 2 rings (SSSR count). The molecule has 0 aliphatic rings. The fourth-order valence-electron chi connectivity index (χ4n) is 1.78. The first-order chi connectivity index (χ1) is 8.31. The second-order valence-electron chi connectivity index (χ2n) is 3.79. The van der Waals surface area contributed by atoms with Gasteiger partial charge in [-0.25, -0.2) is 9.37 Å². The van der Waals surface area contributed by atoms with E-state index in [1.54, 1.807) is 23.6 Å². The number of benzene rings is 1. The lowest BCUT2D eigenvalue weighted by Gasteiger charge is -2.17.